The molecule has 0 amide bonds. The van der Waals surface area contributed by atoms with Gasteiger partial charge in [-0.15, -0.1) is 0 Å². The van der Waals surface area contributed by atoms with Gasteiger partial charge in [-0.05, 0) is 70.3 Å². The minimum atomic E-state index is 0.273. The van der Waals surface area contributed by atoms with Crippen molar-refractivity contribution in [1.82, 2.24) is 20.1 Å². The van der Waals surface area contributed by atoms with Gasteiger partial charge in [0.1, 0.15) is 5.82 Å². The fourth-order valence-corrected chi connectivity index (χ4v) is 5.51. The van der Waals surface area contributed by atoms with E-state index in [1.54, 1.807) is 0 Å². The molecule has 4 saturated carbocycles. The molecule has 4 aliphatic carbocycles. The fourth-order valence-electron chi connectivity index (χ4n) is 5.51. The zero-order valence-electron chi connectivity index (χ0n) is 12.9. The van der Waals surface area contributed by atoms with Crippen molar-refractivity contribution in [3.05, 3.63) is 11.6 Å². The van der Waals surface area contributed by atoms with Crippen LogP contribution in [0.4, 0.5) is 0 Å². The molecule has 20 heavy (non-hydrogen) atoms. The largest absolute Gasteiger partial charge is 0.311 e. The molecule has 110 valence electrons. The van der Waals surface area contributed by atoms with Crippen LogP contribution in [0.5, 0.6) is 0 Å². The van der Waals surface area contributed by atoms with Crippen molar-refractivity contribution in [3.63, 3.8) is 0 Å². The topological polar surface area (TPSA) is 42.7 Å². The van der Waals surface area contributed by atoms with Gasteiger partial charge in [0, 0.05) is 12.5 Å². The number of aromatic nitrogens is 3. The maximum atomic E-state index is 4.96. The Balaban J connectivity index is 1.70. The van der Waals surface area contributed by atoms with Gasteiger partial charge in [0.25, 0.3) is 0 Å². The molecule has 1 unspecified atom stereocenters. The highest BCUT2D eigenvalue weighted by molar-refractivity contribution is 5.18. The van der Waals surface area contributed by atoms with Crippen molar-refractivity contribution in [2.24, 2.45) is 24.8 Å². The predicted molar refractivity (Wildman–Crippen MR) is 78.3 cm³/mol. The summed E-state index contributed by atoms with van der Waals surface area (Å²) in [5.74, 6) is 5.09. The summed E-state index contributed by atoms with van der Waals surface area (Å²) in [5.41, 5.74) is 0.318. The van der Waals surface area contributed by atoms with Crippen LogP contribution in [0.25, 0.3) is 0 Å². The number of nitrogens with one attached hydrogen (secondary N) is 1. The van der Waals surface area contributed by atoms with Gasteiger partial charge in [-0.3, -0.25) is 4.68 Å². The van der Waals surface area contributed by atoms with E-state index < -0.39 is 0 Å². The molecule has 1 heterocycles. The second-order valence-electron chi connectivity index (χ2n) is 7.63. The van der Waals surface area contributed by atoms with Crippen LogP contribution in [0.3, 0.4) is 0 Å². The van der Waals surface area contributed by atoms with Gasteiger partial charge < -0.3 is 5.32 Å². The third-order valence-electron chi connectivity index (χ3n) is 6.13. The average Bonchev–Trinajstić information content (AvgIpc) is 2.79. The van der Waals surface area contributed by atoms with Crippen LogP contribution in [0.2, 0.25) is 0 Å². The summed E-state index contributed by atoms with van der Waals surface area (Å²) < 4.78 is 2.00. The van der Waals surface area contributed by atoms with Crippen LogP contribution >= 0.6 is 0 Å². The predicted octanol–water partition coefficient (Wildman–Crippen LogP) is 2.56. The van der Waals surface area contributed by atoms with Crippen molar-refractivity contribution < 1.29 is 0 Å². The van der Waals surface area contributed by atoms with E-state index in [0.29, 0.717) is 5.41 Å². The summed E-state index contributed by atoms with van der Waals surface area (Å²) in [6.45, 7) is 2.16. The van der Waals surface area contributed by atoms with Gasteiger partial charge in [0.2, 0.25) is 0 Å². The van der Waals surface area contributed by atoms with E-state index in [4.69, 9.17) is 10.1 Å². The SMILES string of the molecule is CNC(C)c1nc(C23CC4CC(CC(C4)C2)C3)nn1C. The molecular formula is C16H26N4. The first kappa shape index (κ1) is 12.8. The first-order valence-corrected chi connectivity index (χ1v) is 8.18. The number of aryl methyl sites for hydroxylation is 1. The van der Waals surface area contributed by atoms with Crippen molar-refractivity contribution >= 4 is 0 Å². The highest BCUT2D eigenvalue weighted by atomic mass is 15.3. The van der Waals surface area contributed by atoms with Crippen LogP contribution < -0.4 is 5.32 Å². The molecule has 4 aliphatic rings. The summed E-state index contributed by atoms with van der Waals surface area (Å²) >= 11 is 0. The number of rotatable bonds is 3. The summed E-state index contributed by atoms with van der Waals surface area (Å²) in [7, 11) is 4.03. The van der Waals surface area contributed by atoms with Crippen molar-refractivity contribution in [2.75, 3.05) is 7.05 Å². The number of hydrogen-bond donors (Lipinski definition) is 1. The molecule has 0 saturated heterocycles. The maximum absolute atomic E-state index is 4.96. The molecule has 0 aromatic carbocycles. The summed E-state index contributed by atoms with van der Waals surface area (Å²) in [5, 5.41) is 8.12. The van der Waals surface area contributed by atoms with Crippen LogP contribution in [-0.4, -0.2) is 21.8 Å². The fraction of sp³-hybridized carbons (Fsp3) is 0.875. The zero-order chi connectivity index (χ0) is 13.9. The Kier molecular flexibility index (Phi) is 2.75. The third-order valence-corrected chi connectivity index (χ3v) is 6.13. The highest BCUT2D eigenvalue weighted by Crippen LogP contribution is 2.60. The lowest BCUT2D eigenvalue weighted by Crippen LogP contribution is -2.49. The lowest BCUT2D eigenvalue weighted by Gasteiger charge is -2.55. The quantitative estimate of drug-likeness (QED) is 0.921. The van der Waals surface area contributed by atoms with Crippen molar-refractivity contribution in [1.29, 1.82) is 0 Å². The maximum Gasteiger partial charge on any atom is 0.157 e. The van der Waals surface area contributed by atoms with Gasteiger partial charge in [-0.25, -0.2) is 4.98 Å². The molecule has 4 heteroatoms. The second kappa shape index (κ2) is 4.30. The van der Waals surface area contributed by atoms with E-state index in [0.717, 1.165) is 29.4 Å². The summed E-state index contributed by atoms with van der Waals surface area (Å²) in [6.07, 6.45) is 8.47. The van der Waals surface area contributed by atoms with E-state index in [1.807, 2.05) is 18.8 Å². The monoisotopic (exact) mass is 274 g/mol. The van der Waals surface area contributed by atoms with Crippen LogP contribution in [0.1, 0.15) is 63.1 Å². The van der Waals surface area contributed by atoms with E-state index in [9.17, 15) is 0 Å². The molecule has 1 aromatic heterocycles. The average molecular weight is 274 g/mol. The van der Waals surface area contributed by atoms with E-state index in [-0.39, 0.29) is 6.04 Å². The Hall–Kier alpha value is -0.900. The highest BCUT2D eigenvalue weighted by Gasteiger charge is 2.53. The Bertz CT molecular complexity index is 483. The first-order valence-electron chi connectivity index (χ1n) is 8.18. The van der Waals surface area contributed by atoms with Crippen LogP contribution in [0, 0.1) is 17.8 Å². The molecular weight excluding hydrogens is 248 g/mol. The van der Waals surface area contributed by atoms with E-state index in [2.05, 4.69) is 12.2 Å². The summed E-state index contributed by atoms with van der Waals surface area (Å²) in [6, 6.07) is 0.273. The molecule has 0 radical (unpaired) electrons. The Morgan fingerprint density at radius 3 is 2.20 bits per heavy atom. The van der Waals surface area contributed by atoms with Crippen LogP contribution in [-0.2, 0) is 12.5 Å². The summed E-state index contributed by atoms with van der Waals surface area (Å²) in [4.78, 5) is 4.96. The lowest BCUT2D eigenvalue weighted by atomic mass is 9.49. The number of hydrogen-bond acceptors (Lipinski definition) is 3. The molecule has 4 bridgehead atoms. The molecule has 0 spiro atoms. The lowest BCUT2D eigenvalue weighted by molar-refractivity contribution is -0.00942. The Morgan fingerprint density at radius 1 is 1.15 bits per heavy atom. The van der Waals surface area contributed by atoms with Gasteiger partial charge in [-0.2, -0.15) is 5.10 Å². The molecule has 1 atom stereocenters. The van der Waals surface area contributed by atoms with E-state index >= 15 is 0 Å². The Morgan fingerprint density at radius 2 is 1.70 bits per heavy atom. The minimum Gasteiger partial charge on any atom is -0.311 e. The smallest absolute Gasteiger partial charge is 0.157 e. The second-order valence-corrected chi connectivity index (χ2v) is 7.63. The van der Waals surface area contributed by atoms with Crippen molar-refractivity contribution in [2.45, 2.75) is 56.9 Å². The van der Waals surface area contributed by atoms with E-state index in [1.165, 1.54) is 38.5 Å². The molecule has 5 rings (SSSR count). The number of nitrogens with zero attached hydrogens (tertiary/aromatic N) is 3. The van der Waals surface area contributed by atoms with Gasteiger partial charge >= 0.3 is 0 Å². The zero-order valence-corrected chi connectivity index (χ0v) is 12.9. The van der Waals surface area contributed by atoms with Gasteiger partial charge in [-0.1, -0.05) is 0 Å². The molecule has 4 fully saturated rings. The normalized spacial score (nSPS) is 40.2. The first-order chi connectivity index (χ1) is 9.59. The standard InChI is InChI=1S/C16H26N4/c1-10(17-2)14-18-15(19-20(14)3)16-7-11-4-12(8-16)6-13(5-11)9-16/h10-13,17H,4-9H2,1-3H3. The Labute approximate surface area is 121 Å². The molecule has 4 nitrogen and oxygen atoms in total. The molecule has 0 aliphatic heterocycles. The third kappa shape index (κ3) is 1.77. The van der Waals surface area contributed by atoms with Crippen LogP contribution in [0.15, 0.2) is 0 Å². The van der Waals surface area contributed by atoms with Crippen molar-refractivity contribution in [3.8, 4) is 0 Å². The molecule has 1 N–H and O–H groups in total. The minimum absolute atomic E-state index is 0.273. The van der Waals surface area contributed by atoms with Gasteiger partial charge in [0.05, 0.1) is 6.04 Å². The molecule has 1 aromatic rings. The van der Waals surface area contributed by atoms with Gasteiger partial charge in [0.15, 0.2) is 5.82 Å².